The standard InChI is InChI=1S/C18H35N5O3S/c1-14-8-5-6-10-16(14)21-18(20-13-17(24)22(2)3)19-12-15-9-7-11-23(15)27(4,25)26/h14-16H,5-13H2,1-4H3,(H2,19,20,21)/t14?,15-,16?/m1/s1. The summed E-state index contributed by atoms with van der Waals surface area (Å²) >= 11 is 0. The Morgan fingerprint density at radius 3 is 2.52 bits per heavy atom. The van der Waals surface area contributed by atoms with E-state index in [0.717, 1.165) is 19.3 Å². The first kappa shape index (κ1) is 21.9. The van der Waals surface area contributed by atoms with Gasteiger partial charge in [-0.1, -0.05) is 19.8 Å². The van der Waals surface area contributed by atoms with Gasteiger partial charge < -0.3 is 15.5 Å². The summed E-state index contributed by atoms with van der Waals surface area (Å²) in [6.45, 7) is 3.38. The van der Waals surface area contributed by atoms with Crippen molar-refractivity contribution >= 4 is 21.9 Å². The Balaban J connectivity index is 2.02. The summed E-state index contributed by atoms with van der Waals surface area (Å²) in [6.07, 6.45) is 7.69. The molecule has 27 heavy (non-hydrogen) atoms. The van der Waals surface area contributed by atoms with Crippen LogP contribution in [0.2, 0.25) is 0 Å². The lowest BCUT2D eigenvalue weighted by atomic mass is 9.86. The fourth-order valence-corrected chi connectivity index (χ4v) is 4.99. The van der Waals surface area contributed by atoms with Crippen LogP contribution in [-0.4, -0.2) is 81.6 Å². The molecule has 156 valence electrons. The second-order valence-electron chi connectivity index (χ2n) is 8.02. The Morgan fingerprint density at radius 2 is 1.89 bits per heavy atom. The number of carbonyl (C=O) groups is 1. The number of nitrogens with one attached hydrogen (secondary N) is 2. The molecule has 8 nitrogen and oxygen atoms in total. The highest BCUT2D eigenvalue weighted by atomic mass is 32.2. The van der Waals surface area contributed by atoms with E-state index in [9.17, 15) is 13.2 Å². The van der Waals surface area contributed by atoms with Crippen LogP contribution < -0.4 is 10.6 Å². The molecule has 1 saturated heterocycles. The van der Waals surface area contributed by atoms with Crippen molar-refractivity contribution in [2.45, 2.75) is 57.5 Å². The molecule has 2 unspecified atom stereocenters. The summed E-state index contributed by atoms with van der Waals surface area (Å²) in [6, 6.07) is 0.259. The summed E-state index contributed by atoms with van der Waals surface area (Å²) in [4.78, 5) is 17.9. The minimum Gasteiger partial charge on any atom is -0.355 e. The maximum absolute atomic E-state index is 11.9. The molecule has 1 aliphatic heterocycles. The first-order valence-corrected chi connectivity index (χ1v) is 11.7. The van der Waals surface area contributed by atoms with Crippen LogP contribution in [0, 0.1) is 5.92 Å². The van der Waals surface area contributed by atoms with E-state index < -0.39 is 10.0 Å². The van der Waals surface area contributed by atoms with Crippen LogP contribution in [0.4, 0.5) is 0 Å². The first-order valence-electron chi connectivity index (χ1n) is 9.90. The number of carbonyl (C=O) groups excluding carboxylic acids is 1. The topological polar surface area (TPSA) is 94.1 Å². The Bertz CT molecular complexity index is 635. The number of hydrogen-bond acceptors (Lipinski definition) is 4. The van der Waals surface area contributed by atoms with Gasteiger partial charge in [-0.05, 0) is 31.6 Å². The third-order valence-corrected chi connectivity index (χ3v) is 6.89. The van der Waals surface area contributed by atoms with E-state index in [2.05, 4.69) is 22.5 Å². The highest BCUT2D eigenvalue weighted by Crippen LogP contribution is 2.24. The number of aliphatic imine (C=N–C) groups is 1. The van der Waals surface area contributed by atoms with Gasteiger partial charge in [-0.2, -0.15) is 4.31 Å². The van der Waals surface area contributed by atoms with E-state index in [-0.39, 0.29) is 18.5 Å². The van der Waals surface area contributed by atoms with Gasteiger partial charge in [0.2, 0.25) is 15.9 Å². The number of sulfonamides is 1. The van der Waals surface area contributed by atoms with Crippen LogP contribution in [-0.2, 0) is 14.8 Å². The van der Waals surface area contributed by atoms with Crippen LogP contribution in [0.25, 0.3) is 0 Å². The molecule has 0 aromatic rings. The van der Waals surface area contributed by atoms with Gasteiger partial charge in [0.25, 0.3) is 0 Å². The SMILES string of the molecule is CC1CCCCC1NC(=NCC(=O)N(C)C)NC[C@H]1CCCN1S(C)(=O)=O. The first-order chi connectivity index (χ1) is 12.7. The molecular formula is C18H35N5O3S. The Hall–Kier alpha value is -1.35. The summed E-state index contributed by atoms with van der Waals surface area (Å²) in [5.41, 5.74) is 0. The van der Waals surface area contributed by atoms with Crippen molar-refractivity contribution < 1.29 is 13.2 Å². The van der Waals surface area contributed by atoms with E-state index in [1.807, 2.05) is 0 Å². The zero-order chi connectivity index (χ0) is 20.0. The minimum absolute atomic E-state index is 0.0635. The van der Waals surface area contributed by atoms with Gasteiger partial charge in [0.1, 0.15) is 6.54 Å². The summed E-state index contributed by atoms with van der Waals surface area (Å²) in [5, 5.41) is 6.77. The lowest BCUT2D eigenvalue weighted by molar-refractivity contribution is -0.127. The molecule has 2 fully saturated rings. The van der Waals surface area contributed by atoms with Crippen molar-refractivity contribution in [3.8, 4) is 0 Å². The smallest absolute Gasteiger partial charge is 0.243 e. The second-order valence-corrected chi connectivity index (χ2v) is 9.95. The molecule has 1 saturated carbocycles. The molecule has 9 heteroatoms. The van der Waals surface area contributed by atoms with Crippen LogP contribution in [0.5, 0.6) is 0 Å². The summed E-state index contributed by atoms with van der Waals surface area (Å²) in [5.74, 6) is 1.09. The van der Waals surface area contributed by atoms with Crippen molar-refractivity contribution in [3.63, 3.8) is 0 Å². The monoisotopic (exact) mass is 401 g/mol. The van der Waals surface area contributed by atoms with E-state index in [0.29, 0.717) is 31.0 Å². The van der Waals surface area contributed by atoms with Gasteiger partial charge in [0.15, 0.2) is 5.96 Å². The molecule has 3 atom stereocenters. The van der Waals surface area contributed by atoms with Crippen molar-refractivity contribution in [3.05, 3.63) is 0 Å². The molecule has 2 aliphatic rings. The highest BCUT2D eigenvalue weighted by molar-refractivity contribution is 7.88. The summed E-state index contributed by atoms with van der Waals surface area (Å²) < 4.78 is 25.4. The second kappa shape index (κ2) is 9.73. The molecule has 0 bridgehead atoms. The Kier molecular flexibility index (Phi) is 7.91. The molecule has 2 rings (SSSR count). The van der Waals surface area contributed by atoms with Gasteiger partial charge in [0, 0.05) is 39.3 Å². The fraction of sp³-hybridized carbons (Fsp3) is 0.889. The largest absolute Gasteiger partial charge is 0.355 e. The Morgan fingerprint density at radius 1 is 1.19 bits per heavy atom. The molecule has 0 aromatic carbocycles. The third kappa shape index (κ3) is 6.64. The zero-order valence-corrected chi connectivity index (χ0v) is 17.9. The molecule has 1 heterocycles. The van der Waals surface area contributed by atoms with Crippen LogP contribution >= 0.6 is 0 Å². The fourth-order valence-electron chi connectivity index (χ4n) is 3.81. The van der Waals surface area contributed by atoms with Gasteiger partial charge in [-0.15, -0.1) is 0 Å². The highest BCUT2D eigenvalue weighted by Gasteiger charge is 2.31. The average molecular weight is 402 g/mol. The minimum atomic E-state index is -3.20. The predicted molar refractivity (Wildman–Crippen MR) is 108 cm³/mol. The lowest BCUT2D eigenvalue weighted by Crippen LogP contribution is -2.51. The van der Waals surface area contributed by atoms with Gasteiger partial charge in [-0.3, -0.25) is 4.79 Å². The van der Waals surface area contributed by atoms with Crippen molar-refractivity contribution in [1.29, 1.82) is 0 Å². The van der Waals surface area contributed by atoms with Crippen LogP contribution in [0.15, 0.2) is 4.99 Å². The molecule has 2 N–H and O–H groups in total. The number of likely N-dealkylation sites (N-methyl/N-ethyl adjacent to an activating group) is 1. The van der Waals surface area contributed by atoms with E-state index in [1.165, 1.54) is 30.4 Å². The molecule has 0 aromatic heterocycles. The molecule has 0 radical (unpaired) electrons. The normalized spacial score (nSPS) is 27.4. The molecular weight excluding hydrogens is 366 g/mol. The lowest BCUT2D eigenvalue weighted by Gasteiger charge is -2.31. The van der Waals surface area contributed by atoms with Crippen molar-refractivity contribution in [1.82, 2.24) is 19.8 Å². The van der Waals surface area contributed by atoms with Gasteiger partial charge >= 0.3 is 0 Å². The summed E-state index contributed by atoms with van der Waals surface area (Å²) in [7, 11) is 0.225. The quantitative estimate of drug-likeness (QED) is 0.502. The molecule has 0 spiro atoms. The van der Waals surface area contributed by atoms with Gasteiger partial charge in [-0.25, -0.2) is 13.4 Å². The molecule has 1 aliphatic carbocycles. The number of rotatable bonds is 6. The van der Waals surface area contributed by atoms with E-state index in [4.69, 9.17) is 0 Å². The van der Waals surface area contributed by atoms with Crippen molar-refractivity contribution in [2.75, 3.05) is 40.0 Å². The van der Waals surface area contributed by atoms with Crippen LogP contribution in [0.1, 0.15) is 45.4 Å². The van der Waals surface area contributed by atoms with Crippen LogP contribution in [0.3, 0.4) is 0 Å². The zero-order valence-electron chi connectivity index (χ0n) is 17.1. The maximum atomic E-state index is 11.9. The predicted octanol–water partition coefficient (Wildman–Crippen LogP) is 0.613. The Labute approximate surface area is 163 Å². The maximum Gasteiger partial charge on any atom is 0.243 e. The number of guanidine groups is 1. The number of amides is 1. The average Bonchev–Trinajstić information content (AvgIpc) is 3.07. The van der Waals surface area contributed by atoms with E-state index >= 15 is 0 Å². The van der Waals surface area contributed by atoms with E-state index in [1.54, 1.807) is 18.4 Å². The van der Waals surface area contributed by atoms with Crippen molar-refractivity contribution in [2.24, 2.45) is 10.9 Å². The third-order valence-electron chi connectivity index (χ3n) is 5.56. The number of nitrogens with zero attached hydrogens (tertiary/aromatic N) is 3. The van der Waals surface area contributed by atoms with Gasteiger partial charge in [0.05, 0.1) is 6.26 Å². The molecule has 1 amide bonds. The number of hydrogen-bond donors (Lipinski definition) is 2.